The van der Waals surface area contributed by atoms with Crippen LogP contribution in [-0.2, 0) is 22.8 Å². The highest BCUT2D eigenvalue weighted by atomic mass is 127. The van der Waals surface area contributed by atoms with Crippen molar-refractivity contribution in [2.75, 3.05) is 19.3 Å². The van der Waals surface area contributed by atoms with Crippen LogP contribution in [0.5, 0.6) is 0 Å². The van der Waals surface area contributed by atoms with Gasteiger partial charge in [-0.3, -0.25) is 0 Å². The Balaban J connectivity index is 0.00000364. The number of halogens is 2. The summed E-state index contributed by atoms with van der Waals surface area (Å²) in [6, 6.07) is 14.6. The molecule has 0 spiro atoms. The van der Waals surface area contributed by atoms with Gasteiger partial charge in [0.15, 0.2) is 15.8 Å². The van der Waals surface area contributed by atoms with Crippen molar-refractivity contribution < 1.29 is 8.42 Å². The van der Waals surface area contributed by atoms with Crippen LogP contribution < -0.4 is 10.6 Å². The molecule has 0 fully saturated rings. The van der Waals surface area contributed by atoms with Crippen molar-refractivity contribution in [3.8, 4) is 0 Å². The number of nitrogens with zero attached hydrogens (tertiary/aromatic N) is 1. The molecule has 2 aromatic carbocycles. The van der Waals surface area contributed by atoms with E-state index in [0.717, 1.165) is 41.6 Å². The number of hydrogen-bond acceptors (Lipinski definition) is 3. The van der Waals surface area contributed by atoms with Crippen molar-refractivity contribution >= 4 is 51.4 Å². The van der Waals surface area contributed by atoms with Crippen LogP contribution in [0.25, 0.3) is 0 Å². The molecule has 0 amide bonds. The molecular formula is C19H25ClIN3O2S. The molecule has 2 aromatic rings. The third-order valence-electron chi connectivity index (χ3n) is 3.71. The van der Waals surface area contributed by atoms with Gasteiger partial charge in [0.2, 0.25) is 0 Å². The maximum atomic E-state index is 11.5. The summed E-state index contributed by atoms with van der Waals surface area (Å²) in [5, 5.41) is 7.23. The molecule has 2 N–H and O–H groups in total. The fraction of sp³-hybridized carbons (Fsp3) is 0.316. The second-order valence-electron chi connectivity index (χ2n) is 5.92. The average Bonchev–Trinajstić information content (AvgIpc) is 2.59. The number of benzene rings is 2. The van der Waals surface area contributed by atoms with E-state index in [4.69, 9.17) is 11.6 Å². The summed E-state index contributed by atoms with van der Waals surface area (Å²) >= 11 is 6.00. The van der Waals surface area contributed by atoms with Gasteiger partial charge in [-0.05, 0) is 48.7 Å². The summed E-state index contributed by atoms with van der Waals surface area (Å²) in [6.07, 6.45) is 2.04. The van der Waals surface area contributed by atoms with Crippen molar-refractivity contribution in [2.45, 2.75) is 24.8 Å². The molecule has 27 heavy (non-hydrogen) atoms. The summed E-state index contributed by atoms with van der Waals surface area (Å²) in [5.74, 6) is 0.724. The molecule has 0 aliphatic heterocycles. The smallest absolute Gasteiger partial charge is 0.191 e. The number of sulfone groups is 1. The Labute approximate surface area is 183 Å². The molecule has 0 atom stereocenters. The summed E-state index contributed by atoms with van der Waals surface area (Å²) in [4.78, 5) is 4.86. The molecule has 0 radical (unpaired) electrons. The molecule has 5 nitrogen and oxygen atoms in total. The lowest BCUT2D eigenvalue weighted by Crippen LogP contribution is -2.38. The highest BCUT2D eigenvalue weighted by Gasteiger charge is 2.06. The van der Waals surface area contributed by atoms with Gasteiger partial charge in [-0.15, -0.1) is 24.0 Å². The number of guanidine groups is 1. The van der Waals surface area contributed by atoms with Gasteiger partial charge in [0.05, 0.1) is 11.4 Å². The van der Waals surface area contributed by atoms with Gasteiger partial charge < -0.3 is 10.6 Å². The van der Waals surface area contributed by atoms with Crippen LogP contribution in [0.2, 0.25) is 5.02 Å². The van der Waals surface area contributed by atoms with E-state index < -0.39 is 9.84 Å². The first-order chi connectivity index (χ1) is 12.4. The van der Waals surface area contributed by atoms with Gasteiger partial charge in [-0.2, -0.15) is 0 Å². The highest BCUT2D eigenvalue weighted by Crippen LogP contribution is 2.12. The highest BCUT2D eigenvalue weighted by molar-refractivity contribution is 14.0. The minimum atomic E-state index is -3.17. The van der Waals surface area contributed by atoms with Crippen molar-refractivity contribution in [2.24, 2.45) is 4.99 Å². The van der Waals surface area contributed by atoms with Crippen LogP contribution >= 0.6 is 35.6 Å². The van der Waals surface area contributed by atoms with Crippen LogP contribution in [0.4, 0.5) is 0 Å². The Morgan fingerprint density at radius 2 is 1.78 bits per heavy atom. The van der Waals surface area contributed by atoms with E-state index in [1.165, 1.54) is 6.26 Å². The quantitative estimate of drug-likeness (QED) is 0.331. The Morgan fingerprint density at radius 1 is 1.07 bits per heavy atom. The van der Waals surface area contributed by atoms with E-state index in [1.54, 1.807) is 24.3 Å². The number of aliphatic imine (C=N–C) groups is 1. The lowest BCUT2D eigenvalue weighted by molar-refractivity contribution is 0.602. The van der Waals surface area contributed by atoms with E-state index in [2.05, 4.69) is 15.6 Å². The van der Waals surface area contributed by atoms with E-state index in [1.807, 2.05) is 31.2 Å². The van der Waals surface area contributed by atoms with Crippen LogP contribution in [0.1, 0.15) is 18.1 Å². The Bertz CT molecular complexity index is 856. The van der Waals surface area contributed by atoms with Crippen molar-refractivity contribution in [1.82, 2.24) is 10.6 Å². The first-order valence-corrected chi connectivity index (χ1v) is 10.7. The molecule has 0 aliphatic rings. The maximum absolute atomic E-state index is 11.5. The lowest BCUT2D eigenvalue weighted by Gasteiger charge is -2.11. The zero-order chi connectivity index (χ0) is 19.0. The van der Waals surface area contributed by atoms with Crippen LogP contribution in [0, 0.1) is 0 Å². The molecule has 148 valence electrons. The maximum Gasteiger partial charge on any atom is 0.191 e. The zero-order valence-electron chi connectivity index (χ0n) is 15.4. The Kier molecular flexibility index (Phi) is 10.1. The van der Waals surface area contributed by atoms with E-state index in [0.29, 0.717) is 11.4 Å². The minimum absolute atomic E-state index is 0. The largest absolute Gasteiger partial charge is 0.357 e. The third-order valence-corrected chi connectivity index (χ3v) is 5.07. The third kappa shape index (κ3) is 8.49. The molecule has 0 bridgehead atoms. The topological polar surface area (TPSA) is 70.6 Å². The molecular weight excluding hydrogens is 497 g/mol. The molecule has 0 unspecified atom stereocenters. The minimum Gasteiger partial charge on any atom is -0.357 e. The normalized spacial score (nSPS) is 11.6. The Hall–Kier alpha value is -1.32. The lowest BCUT2D eigenvalue weighted by atomic mass is 10.1. The fourth-order valence-corrected chi connectivity index (χ4v) is 3.22. The van der Waals surface area contributed by atoms with Gasteiger partial charge in [-0.25, -0.2) is 13.4 Å². The van der Waals surface area contributed by atoms with Gasteiger partial charge in [0.25, 0.3) is 0 Å². The molecule has 2 rings (SSSR count). The number of nitrogens with one attached hydrogen (secondary N) is 2. The second-order valence-corrected chi connectivity index (χ2v) is 8.37. The molecule has 0 saturated heterocycles. The van der Waals surface area contributed by atoms with E-state index in [-0.39, 0.29) is 24.0 Å². The van der Waals surface area contributed by atoms with Crippen molar-refractivity contribution in [3.05, 3.63) is 64.7 Å². The van der Waals surface area contributed by atoms with Gasteiger partial charge >= 0.3 is 0 Å². The second kappa shape index (κ2) is 11.5. The molecule has 0 saturated carbocycles. The monoisotopic (exact) mass is 521 g/mol. The summed E-state index contributed by atoms with van der Waals surface area (Å²) in [5.41, 5.74) is 2.11. The van der Waals surface area contributed by atoms with Gasteiger partial charge in [-0.1, -0.05) is 35.9 Å². The number of hydrogen-bond donors (Lipinski definition) is 2. The fourth-order valence-electron chi connectivity index (χ4n) is 2.37. The first kappa shape index (κ1) is 23.7. The predicted molar refractivity (Wildman–Crippen MR) is 123 cm³/mol. The van der Waals surface area contributed by atoms with Gasteiger partial charge in [0, 0.05) is 24.4 Å². The van der Waals surface area contributed by atoms with Crippen molar-refractivity contribution in [1.29, 1.82) is 0 Å². The molecule has 0 aliphatic carbocycles. The molecule has 0 aromatic heterocycles. The SMILES string of the molecule is CCNC(=NCc1ccc(S(C)(=O)=O)cc1)NCCc1cccc(Cl)c1.I. The van der Waals surface area contributed by atoms with Gasteiger partial charge in [0.1, 0.15) is 0 Å². The Morgan fingerprint density at radius 3 is 2.37 bits per heavy atom. The first-order valence-electron chi connectivity index (χ1n) is 8.44. The predicted octanol–water partition coefficient (Wildman–Crippen LogP) is 3.66. The van der Waals surface area contributed by atoms with E-state index >= 15 is 0 Å². The molecule has 8 heteroatoms. The van der Waals surface area contributed by atoms with Crippen LogP contribution in [0.3, 0.4) is 0 Å². The van der Waals surface area contributed by atoms with E-state index in [9.17, 15) is 8.42 Å². The molecule has 0 heterocycles. The van der Waals surface area contributed by atoms with Crippen LogP contribution in [-0.4, -0.2) is 33.7 Å². The summed E-state index contributed by atoms with van der Waals surface area (Å²) in [7, 11) is -3.17. The summed E-state index contributed by atoms with van der Waals surface area (Å²) < 4.78 is 23.0. The summed E-state index contributed by atoms with van der Waals surface area (Å²) in [6.45, 7) is 3.97. The standard InChI is InChI=1S/C19H24ClN3O2S.HI/c1-3-21-19(22-12-11-15-5-4-6-17(20)13-15)23-14-16-7-9-18(10-8-16)26(2,24)25;/h4-10,13H,3,11-12,14H2,1-2H3,(H2,21,22,23);1H. The number of rotatable bonds is 7. The van der Waals surface area contributed by atoms with Crippen LogP contribution in [0.15, 0.2) is 58.4 Å². The average molecular weight is 522 g/mol. The van der Waals surface area contributed by atoms with Crippen molar-refractivity contribution in [3.63, 3.8) is 0 Å². The zero-order valence-corrected chi connectivity index (χ0v) is 19.3.